The molecule has 3 N–H and O–H groups in total. The molecule has 2 amide bonds. The number of piperidine rings is 1. The van der Waals surface area contributed by atoms with E-state index in [0.29, 0.717) is 25.3 Å². The summed E-state index contributed by atoms with van der Waals surface area (Å²) in [5.74, 6) is -0.661. The molecular formula is C23H36N6O5. The van der Waals surface area contributed by atoms with Crippen molar-refractivity contribution in [1.82, 2.24) is 29.8 Å². The highest BCUT2D eigenvalue weighted by Crippen LogP contribution is 2.30. The summed E-state index contributed by atoms with van der Waals surface area (Å²) >= 11 is 0. The topological polar surface area (TPSA) is 130 Å². The van der Waals surface area contributed by atoms with Crippen molar-refractivity contribution in [2.45, 2.75) is 84.4 Å². The fourth-order valence-electron chi connectivity index (χ4n) is 4.03. The smallest absolute Gasteiger partial charge is 0.410 e. The summed E-state index contributed by atoms with van der Waals surface area (Å²) in [5, 5.41) is 21.3. The Morgan fingerprint density at radius 2 is 1.94 bits per heavy atom. The van der Waals surface area contributed by atoms with Crippen molar-refractivity contribution in [3.8, 4) is 5.88 Å². The van der Waals surface area contributed by atoms with Gasteiger partial charge in [0.15, 0.2) is 5.65 Å². The van der Waals surface area contributed by atoms with Crippen molar-refractivity contribution >= 4 is 17.6 Å². The number of likely N-dealkylation sites (tertiary alicyclic amines) is 1. The number of nitrogens with zero attached hydrogens (tertiary/aromatic N) is 4. The van der Waals surface area contributed by atoms with Gasteiger partial charge in [-0.05, 0) is 52.4 Å². The Hall–Kier alpha value is -3.11. The number of fused-ring (bicyclic) bond motifs is 1. The first-order valence-electron chi connectivity index (χ1n) is 12.0. The van der Waals surface area contributed by atoms with E-state index in [9.17, 15) is 14.7 Å². The van der Waals surface area contributed by atoms with Crippen LogP contribution in [0.3, 0.4) is 0 Å². The zero-order valence-electron chi connectivity index (χ0n) is 20.6. The van der Waals surface area contributed by atoms with E-state index < -0.39 is 11.5 Å². The van der Waals surface area contributed by atoms with Gasteiger partial charge in [0.05, 0.1) is 5.69 Å². The van der Waals surface area contributed by atoms with Crippen molar-refractivity contribution in [2.24, 2.45) is 5.92 Å². The minimum atomic E-state index is -0.530. The van der Waals surface area contributed by atoms with Gasteiger partial charge < -0.3 is 24.6 Å². The number of aromatic nitrogens is 4. The summed E-state index contributed by atoms with van der Waals surface area (Å²) in [7, 11) is 0. The van der Waals surface area contributed by atoms with E-state index in [-0.39, 0.29) is 35.6 Å². The highest BCUT2D eigenvalue weighted by molar-refractivity contribution is 5.93. The average Bonchev–Trinajstić information content (AvgIpc) is 3.47. The van der Waals surface area contributed by atoms with Crippen molar-refractivity contribution in [3.05, 3.63) is 17.5 Å². The number of hydrogen-bond acceptors (Lipinski definition) is 6. The van der Waals surface area contributed by atoms with Crippen LogP contribution in [0.2, 0.25) is 0 Å². The summed E-state index contributed by atoms with van der Waals surface area (Å²) < 4.78 is 14.1. The highest BCUT2D eigenvalue weighted by atomic mass is 16.6. The molecule has 3 heterocycles. The van der Waals surface area contributed by atoms with Gasteiger partial charge in [0.1, 0.15) is 5.60 Å². The number of rotatable bonds is 5. The van der Waals surface area contributed by atoms with Crippen LogP contribution in [0.25, 0.3) is 5.65 Å². The molecule has 2 aliphatic rings. The predicted molar refractivity (Wildman–Crippen MR) is 124 cm³/mol. The zero-order chi connectivity index (χ0) is 24.6. The first-order valence-corrected chi connectivity index (χ1v) is 12.0. The molecule has 2 aromatic heterocycles. The van der Waals surface area contributed by atoms with Gasteiger partial charge in [-0.2, -0.15) is 14.9 Å². The minimum absolute atomic E-state index is 0.108. The summed E-state index contributed by atoms with van der Waals surface area (Å²) in [5.41, 5.74) is 0.854. The van der Waals surface area contributed by atoms with Crippen molar-refractivity contribution in [2.75, 3.05) is 13.1 Å². The van der Waals surface area contributed by atoms with Gasteiger partial charge in [-0.15, -0.1) is 0 Å². The Labute approximate surface area is 198 Å². The molecule has 1 aliphatic carbocycles. The van der Waals surface area contributed by atoms with Crippen LogP contribution in [0.1, 0.15) is 82.5 Å². The quantitative estimate of drug-likeness (QED) is 0.605. The molecule has 0 unspecified atom stereocenters. The number of aromatic amines is 1. The number of carbonyl (C=O) groups is 2. The second-order valence-electron chi connectivity index (χ2n) is 10.7. The number of H-pyrrole nitrogens is 1. The van der Waals surface area contributed by atoms with Crippen LogP contribution >= 0.6 is 0 Å². The molecule has 0 bridgehead atoms. The SMILES string of the molecule is CC(C)Cn1[nH]oc(C(=O)NC2CC2)c(O)n2nc(C3CCN(C(=O)OC(C)(C)C)CC3)cc12. The summed E-state index contributed by atoms with van der Waals surface area (Å²) in [6, 6.07) is 2.03. The van der Waals surface area contributed by atoms with Crippen LogP contribution in [0.5, 0.6) is 5.88 Å². The zero-order valence-corrected chi connectivity index (χ0v) is 20.6. The summed E-state index contributed by atoms with van der Waals surface area (Å²) in [6.07, 6.45) is 2.99. The van der Waals surface area contributed by atoms with Gasteiger partial charge in [-0.25, -0.2) is 9.48 Å². The number of carbonyl (C=O) groups excluding carboxylic acids is 2. The third-order valence-corrected chi connectivity index (χ3v) is 5.88. The number of aromatic hydroxyl groups is 1. The molecule has 0 aromatic carbocycles. The van der Waals surface area contributed by atoms with E-state index in [1.54, 1.807) is 9.58 Å². The fourth-order valence-corrected chi connectivity index (χ4v) is 4.03. The molecule has 0 spiro atoms. The lowest BCUT2D eigenvalue weighted by Crippen LogP contribution is -2.41. The highest BCUT2D eigenvalue weighted by Gasteiger charge is 2.31. The average molecular weight is 477 g/mol. The molecule has 0 atom stereocenters. The van der Waals surface area contributed by atoms with E-state index in [1.807, 2.05) is 26.8 Å². The van der Waals surface area contributed by atoms with Gasteiger partial charge in [0, 0.05) is 37.7 Å². The second-order valence-corrected chi connectivity index (χ2v) is 10.7. The molecule has 34 heavy (non-hydrogen) atoms. The summed E-state index contributed by atoms with van der Waals surface area (Å²) in [4.78, 5) is 26.8. The molecule has 1 saturated carbocycles. The van der Waals surface area contributed by atoms with E-state index in [1.165, 1.54) is 4.52 Å². The van der Waals surface area contributed by atoms with Gasteiger partial charge in [-0.1, -0.05) is 13.8 Å². The Morgan fingerprint density at radius 3 is 2.53 bits per heavy atom. The molecule has 1 saturated heterocycles. The molecular weight excluding hydrogens is 440 g/mol. The fraction of sp³-hybridized carbons (Fsp3) is 0.696. The lowest BCUT2D eigenvalue weighted by atomic mass is 9.94. The first-order chi connectivity index (χ1) is 16.0. The van der Waals surface area contributed by atoms with Gasteiger partial charge in [-0.3, -0.25) is 4.79 Å². The lowest BCUT2D eigenvalue weighted by molar-refractivity contribution is 0.0204. The van der Waals surface area contributed by atoms with Crippen LogP contribution in [-0.4, -0.2) is 66.3 Å². The third kappa shape index (κ3) is 5.51. The molecule has 0 radical (unpaired) electrons. The standard InChI is InChI=1S/C23H36N6O5/c1-14(2)13-28-18-12-17(15-8-10-27(11-9-15)22(32)33-23(3,4)5)25-29(18)21(31)19(34-26-28)20(30)24-16-6-7-16/h12,14-16,26,31H,6-11,13H2,1-5H3,(H,24,30). The molecule has 188 valence electrons. The monoisotopic (exact) mass is 476 g/mol. The Bertz CT molecular complexity index is 1090. The second kappa shape index (κ2) is 9.27. The van der Waals surface area contributed by atoms with Crippen molar-refractivity contribution < 1.29 is 24.0 Å². The molecule has 2 aromatic rings. The van der Waals surface area contributed by atoms with E-state index in [4.69, 9.17) is 9.26 Å². The Kier molecular flexibility index (Phi) is 6.55. The van der Waals surface area contributed by atoms with Crippen molar-refractivity contribution in [3.63, 3.8) is 0 Å². The van der Waals surface area contributed by atoms with E-state index >= 15 is 0 Å². The lowest BCUT2D eigenvalue weighted by Gasteiger charge is -2.32. The van der Waals surface area contributed by atoms with E-state index in [0.717, 1.165) is 31.4 Å². The maximum atomic E-state index is 12.7. The van der Waals surface area contributed by atoms with Crippen molar-refractivity contribution in [1.29, 1.82) is 0 Å². The number of ether oxygens (including phenoxy) is 1. The number of hydrogen-bond donors (Lipinski definition) is 3. The minimum Gasteiger partial charge on any atom is -0.490 e. The molecule has 11 heteroatoms. The van der Waals surface area contributed by atoms with Crippen LogP contribution in [0, 0.1) is 5.92 Å². The Morgan fingerprint density at radius 1 is 1.26 bits per heavy atom. The Balaban J connectivity index is 1.61. The molecule has 1 aliphatic heterocycles. The van der Waals surface area contributed by atoms with Crippen LogP contribution < -0.4 is 5.32 Å². The van der Waals surface area contributed by atoms with Crippen LogP contribution in [0.15, 0.2) is 10.6 Å². The first kappa shape index (κ1) is 24.0. The van der Waals surface area contributed by atoms with E-state index in [2.05, 4.69) is 29.5 Å². The molecule has 11 nitrogen and oxygen atoms in total. The normalized spacial score (nSPS) is 17.3. The van der Waals surface area contributed by atoms with Gasteiger partial charge in [0.25, 0.3) is 17.5 Å². The number of amides is 2. The molecule has 2 fully saturated rings. The predicted octanol–water partition coefficient (Wildman–Crippen LogP) is 3.55. The maximum Gasteiger partial charge on any atom is 0.410 e. The third-order valence-electron chi connectivity index (χ3n) is 5.88. The largest absolute Gasteiger partial charge is 0.490 e. The van der Waals surface area contributed by atoms with Crippen LogP contribution in [0.4, 0.5) is 4.79 Å². The molecule has 4 rings (SSSR count). The van der Waals surface area contributed by atoms with Gasteiger partial charge in [0.2, 0.25) is 0 Å². The summed E-state index contributed by atoms with van der Waals surface area (Å²) in [6.45, 7) is 11.4. The van der Waals surface area contributed by atoms with Gasteiger partial charge >= 0.3 is 6.09 Å². The van der Waals surface area contributed by atoms with Crippen LogP contribution in [-0.2, 0) is 11.3 Å². The number of nitrogens with one attached hydrogen (secondary N) is 2. The maximum absolute atomic E-state index is 12.7.